The summed E-state index contributed by atoms with van der Waals surface area (Å²) in [6.07, 6.45) is 1.57. The molecule has 1 unspecified atom stereocenters. The lowest BCUT2D eigenvalue weighted by Crippen LogP contribution is -2.46. The molecule has 4 aliphatic rings. The van der Waals surface area contributed by atoms with Gasteiger partial charge in [0.25, 0.3) is 5.91 Å². The Bertz CT molecular complexity index is 2270. The first-order chi connectivity index (χ1) is 30.4. The minimum atomic E-state index is -1.35. The van der Waals surface area contributed by atoms with Gasteiger partial charge in [-0.1, -0.05) is 50.3 Å². The average Bonchev–Trinajstić information content (AvgIpc) is 3.50. The third kappa shape index (κ3) is 11.1. The van der Waals surface area contributed by atoms with Crippen molar-refractivity contribution in [1.29, 1.82) is 0 Å². The molecule has 2 aliphatic heterocycles. The van der Waals surface area contributed by atoms with Gasteiger partial charge in [-0.3, -0.25) is 44.2 Å². The highest BCUT2D eigenvalue weighted by molar-refractivity contribution is 6.30. The predicted molar refractivity (Wildman–Crippen MR) is 227 cm³/mol. The summed E-state index contributed by atoms with van der Waals surface area (Å²) < 4.78 is 22.0. The number of anilines is 1. The summed E-state index contributed by atoms with van der Waals surface area (Å²) in [6.45, 7) is 6.20. The van der Waals surface area contributed by atoms with Crippen LogP contribution in [0.3, 0.4) is 0 Å². The summed E-state index contributed by atoms with van der Waals surface area (Å²) in [5.74, 6) is -7.81. The van der Waals surface area contributed by atoms with Crippen LogP contribution in [0.15, 0.2) is 76.7 Å². The van der Waals surface area contributed by atoms with E-state index in [-0.39, 0.29) is 78.2 Å². The zero-order valence-electron chi connectivity index (χ0n) is 36.3. The van der Waals surface area contributed by atoms with Gasteiger partial charge in [-0.25, -0.2) is 9.59 Å². The largest absolute Gasteiger partial charge is 0.447 e. The number of carbonyl (C=O) groups excluding carboxylic acids is 9. The number of hydrogen-bond acceptors (Lipinski definition) is 15. The third-order valence-electron chi connectivity index (χ3n) is 11.5. The minimum absolute atomic E-state index is 0.00935. The molecule has 1 aromatic carbocycles. The smallest absolute Gasteiger partial charge is 0.411 e. The van der Waals surface area contributed by atoms with Crippen molar-refractivity contribution in [1.82, 2.24) is 16.0 Å². The molecule has 7 N–H and O–H groups in total. The van der Waals surface area contributed by atoms with Crippen molar-refractivity contribution >= 4 is 58.7 Å². The topological polar surface area (TPSA) is 285 Å². The van der Waals surface area contributed by atoms with Gasteiger partial charge in [0.1, 0.15) is 12.7 Å². The molecule has 2 bridgehead atoms. The molecule has 1 aromatic rings. The molecule has 64 heavy (non-hydrogen) atoms. The molecule has 8 atom stereocenters. The van der Waals surface area contributed by atoms with E-state index in [1.807, 2.05) is 0 Å². The quantitative estimate of drug-likeness (QED) is 0.0684. The SMILES string of the molecule is CO[C@H]1/C=C\C=C(/C)C(=O)NC2=CC(=O)C(NCCOC(=O)Nc3cccc4c3C(=O)[C@H](C3CCC(=O)NC3=O)C4=O)=C(C[C@@H](C)C[C@H](OC)[C@@H](O)[C@@H](C)/C=C(\C)[C@@H]1OC(N)=O)C2=O. The highest BCUT2D eigenvalue weighted by Gasteiger charge is 2.48. The molecule has 0 radical (unpaired) electrons. The van der Waals surface area contributed by atoms with Crippen LogP contribution in [0.2, 0.25) is 0 Å². The van der Waals surface area contributed by atoms with E-state index in [9.17, 15) is 48.3 Å². The number of benzene rings is 1. The van der Waals surface area contributed by atoms with Gasteiger partial charge in [-0.15, -0.1) is 0 Å². The van der Waals surface area contributed by atoms with Gasteiger partial charge in [0.05, 0.1) is 46.7 Å². The Balaban J connectivity index is 1.33. The van der Waals surface area contributed by atoms with Crippen LogP contribution in [0.4, 0.5) is 15.3 Å². The van der Waals surface area contributed by atoms with Gasteiger partial charge in [-0.2, -0.15) is 0 Å². The second kappa shape index (κ2) is 21.2. The zero-order chi connectivity index (χ0) is 47.0. The molecular weight excluding hydrogens is 835 g/mol. The van der Waals surface area contributed by atoms with Crippen molar-refractivity contribution < 1.29 is 67.2 Å². The van der Waals surface area contributed by atoms with Crippen LogP contribution in [0, 0.1) is 23.7 Å². The predicted octanol–water partition coefficient (Wildman–Crippen LogP) is 2.65. The number of ether oxygens (including phenoxy) is 4. The summed E-state index contributed by atoms with van der Waals surface area (Å²) in [4.78, 5) is 117. The highest BCUT2D eigenvalue weighted by atomic mass is 16.6. The zero-order valence-corrected chi connectivity index (χ0v) is 36.3. The second-order valence-electron chi connectivity index (χ2n) is 16.1. The molecule has 5 amide bonds. The van der Waals surface area contributed by atoms with Crippen LogP contribution in [-0.2, 0) is 42.9 Å². The van der Waals surface area contributed by atoms with E-state index in [0.717, 1.165) is 6.08 Å². The number of aliphatic hydroxyl groups excluding tert-OH is 1. The van der Waals surface area contributed by atoms with Gasteiger partial charge in [-0.05, 0) is 50.7 Å². The maximum atomic E-state index is 14.1. The summed E-state index contributed by atoms with van der Waals surface area (Å²) in [5.41, 5.74) is 5.60. The van der Waals surface area contributed by atoms with Crippen LogP contribution in [0.5, 0.6) is 0 Å². The van der Waals surface area contributed by atoms with Crippen molar-refractivity contribution in [2.24, 2.45) is 29.4 Å². The van der Waals surface area contributed by atoms with Crippen LogP contribution in [0.25, 0.3) is 0 Å². The Morgan fingerprint density at radius 3 is 2.39 bits per heavy atom. The van der Waals surface area contributed by atoms with Crippen molar-refractivity contribution in [3.05, 3.63) is 87.8 Å². The number of carbonyl (C=O) groups is 9. The molecule has 0 spiro atoms. The Morgan fingerprint density at radius 2 is 1.72 bits per heavy atom. The number of nitrogens with one attached hydrogen (secondary N) is 4. The number of aliphatic hydroxyl groups is 1. The highest BCUT2D eigenvalue weighted by Crippen LogP contribution is 2.38. The fourth-order valence-electron chi connectivity index (χ4n) is 8.21. The van der Waals surface area contributed by atoms with Gasteiger partial charge >= 0.3 is 12.2 Å². The Morgan fingerprint density at radius 1 is 0.984 bits per heavy atom. The van der Waals surface area contributed by atoms with E-state index in [4.69, 9.17) is 24.7 Å². The summed E-state index contributed by atoms with van der Waals surface area (Å²) in [6, 6.07) is 4.26. The number of amides is 5. The van der Waals surface area contributed by atoms with E-state index < -0.39 is 101 Å². The first-order valence-electron chi connectivity index (χ1n) is 20.7. The fourth-order valence-corrected chi connectivity index (χ4v) is 8.21. The van der Waals surface area contributed by atoms with Gasteiger partial charge in [0, 0.05) is 55.9 Å². The number of imide groups is 1. The molecule has 1 fully saturated rings. The van der Waals surface area contributed by atoms with Crippen molar-refractivity contribution in [3.63, 3.8) is 0 Å². The molecular formula is C45H53N5O14. The standard InChI is InChI=1S/C45H53N5O14/c1-21-17-27-36(47-15-16-63-45(60)49-28-11-8-10-25-34(28)40(56)35(39(25)55)26-13-14-33(52)50-43(26)58)30(51)20-29(38(27)54)48-42(57)22(2)9-7-12-31(61-5)41(64-44(46)59)24(4)19-23(3)37(53)32(18-21)62-6/h7-12,19-21,23,26,31-32,35,37,41,47,53H,13-18H2,1-6H3,(H2,46,59)(H,48,57)(H,49,60)(H,50,52,58)/b12-7-,22-9+,24-19+/t21-,23+,26?,31+,32+,35-,37+,41+/m1/s1. The summed E-state index contributed by atoms with van der Waals surface area (Å²) in [5, 5.41) is 21.5. The van der Waals surface area contributed by atoms with Crippen LogP contribution >= 0.6 is 0 Å². The number of allylic oxidation sites excluding steroid dienone is 4. The number of piperidine rings is 1. The van der Waals surface area contributed by atoms with E-state index in [2.05, 4.69) is 21.3 Å². The molecule has 342 valence electrons. The number of Topliss-reactive ketones (excluding diaryl/α,β-unsaturated/α-hetero) is 3. The molecule has 19 nitrogen and oxygen atoms in total. The maximum absolute atomic E-state index is 14.1. The number of methoxy groups -OCH3 is 2. The molecule has 0 aromatic heterocycles. The lowest BCUT2D eigenvalue weighted by Gasteiger charge is -2.30. The van der Waals surface area contributed by atoms with Crippen LogP contribution in [-0.4, -0.2) is 110 Å². The summed E-state index contributed by atoms with van der Waals surface area (Å²) >= 11 is 0. The van der Waals surface area contributed by atoms with Crippen LogP contribution in [0.1, 0.15) is 74.1 Å². The number of fused-ring (bicyclic) bond motifs is 3. The number of primary amides is 1. The van der Waals surface area contributed by atoms with Gasteiger partial charge < -0.3 is 40.4 Å². The minimum Gasteiger partial charge on any atom is -0.447 e. The Hall–Kier alpha value is -6.57. The molecule has 5 rings (SSSR count). The maximum Gasteiger partial charge on any atom is 0.411 e. The molecule has 2 aliphatic carbocycles. The first kappa shape index (κ1) is 48.5. The summed E-state index contributed by atoms with van der Waals surface area (Å²) in [7, 11) is 2.82. The number of nitrogens with two attached hydrogens (primary N) is 1. The lowest BCUT2D eigenvalue weighted by atomic mass is 9.82. The van der Waals surface area contributed by atoms with E-state index >= 15 is 0 Å². The van der Waals surface area contributed by atoms with Crippen molar-refractivity contribution in [2.45, 2.75) is 77.8 Å². The number of hydrogen-bond donors (Lipinski definition) is 6. The molecule has 1 saturated heterocycles. The molecule has 19 heteroatoms. The lowest BCUT2D eigenvalue weighted by molar-refractivity contribution is -0.137. The van der Waals surface area contributed by atoms with Crippen molar-refractivity contribution in [2.75, 3.05) is 32.7 Å². The fraction of sp³-hybridized carbons (Fsp3) is 0.444. The third-order valence-corrected chi connectivity index (χ3v) is 11.5. The van der Waals surface area contributed by atoms with Gasteiger partial charge in [0.2, 0.25) is 23.4 Å². The average molecular weight is 888 g/mol. The first-order valence-corrected chi connectivity index (χ1v) is 20.7. The van der Waals surface area contributed by atoms with E-state index in [1.165, 1.54) is 57.6 Å². The van der Waals surface area contributed by atoms with Gasteiger partial charge in [0.15, 0.2) is 17.7 Å². The normalized spacial score (nSPS) is 29.3. The van der Waals surface area contributed by atoms with Crippen LogP contribution < -0.4 is 27.0 Å². The monoisotopic (exact) mass is 887 g/mol. The number of rotatable bonds is 9. The Kier molecular flexibility index (Phi) is 16.1. The van der Waals surface area contributed by atoms with Crippen molar-refractivity contribution in [3.8, 4) is 0 Å². The number of ketones is 4. The second-order valence-corrected chi connectivity index (χ2v) is 16.1. The van der Waals surface area contributed by atoms with E-state index in [1.54, 1.807) is 26.8 Å². The molecule has 2 heterocycles. The Labute approximate surface area is 368 Å². The van der Waals surface area contributed by atoms with E-state index in [0.29, 0.717) is 5.57 Å². The molecule has 0 saturated carbocycles.